The van der Waals surface area contributed by atoms with Crippen LogP contribution in [0.15, 0.2) is 72.4 Å². The number of carbonyl (C=O) groups is 1. The van der Waals surface area contributed by atoms with Crippen LogP contribution in [0.3, 0.4) is 0 Å². The lowest BCUT2D eigenvalue weighted by Gasteiger charge is -2.54. The van der Waals surface area contributed by atoms with Crippen molar-refractivity contribution in [3.05, 3.63) is 95.1 Å². The molecule has 8 rings (SSSR count). The summed E-state index contributed by atoms with van der Waals surface area (Å²) in [5, 5.41) is 15.5. The van der Waals surface area contributed by atoms with E-state index in [2.05, 4.69) is 39.1 Å². The van der Waals surface area contributed by atoms with Gasteiger partial charge in [0.15, 0.2) is 5.13 Å². The fraction of sp³-hybridized carbons (Fsp3) is 0.214. The van der Waals surface area contributed by atoms with E-state index in [1.165, 1.54) is 23.0 Å². The zero-order chi connectivity index (χ0) is 24.7. The van der Waals surface area contributed by atoms with Crippen LogP contribution in [0.1, 0.15) is 43.3 Å². The van der Waals surface area contributed by atoms with Gasteiger partial charge in [-0.15, -0.1) is 21.5 Å². The topological polar surface area (TPSA) is 72.7 Å². The quantitative estimate of drug-likeness (QED) is 0.336. The van der Waals surface area contributed by atoms with Gasteiger partial charge in [0, 0.05) is 16.3 Å². The lowest BCUT2D eigenvalue weighted by molar-refractivity contribution is -0.129. The van der Waals surface area contributed by atoms with Gasteiger partial charge in [0.25, 0.3) is 0 Å². The molecule has 2 bridgehead atoms. The van der Waals surface area contributed by atoms with Crippen molar-refractivity contribution in [2.75, 3.05) is 5.32 Å². The first-order valence-corrected chi connectivity index (χ1v) is 12.7. The van der Waals surface area contributed by atoms with Gasteiger partial charge in [0.2, 0.25) is 5.91 Å². The molecule has 6 nitrogen and oxygen atoms in total. The number of halogens is 1. The van der Waals surface area contributed by atoms with Crippen molar-refractivity contribution in [1.29, 1.82) is 0 Å². The third-order valence-corrected chi connectivity index (χ3v) is 8.67. The van der Waals surface area contributed by atoms with E-state index in [0.29, 0.717) is 22.6 Å². The molecule has 2 aliphatic heterocycles. The Kier molecular flexibility index (Phi) is 4.34. The van der Waals surface area contributed by atoms with Crippen LogP contribution in [-0.2, 0) is 10.2 Å². The molecular weight excluding hydrogens is 473 g/mol. The molecule has 3 unspecified atom stereocenters. The van der Waals surface area contributed by atoms with Gasteiger partial charge >= 0.3 is 0 Å². The summed E-state index contributed by atoms with van der Waals surface area (Å²) in [6, 6.07) is 18.7. The number of anilines is 1. The third-order valence-electron chi connectivity index (χ3n) is 7.91. The number of rotatable bonds is 3. The highest BCUT2D eigenvalue weighted by atomic mass is 32.1. The second kappa shape index (κ2) is 7.30. The first kappa shape index (κ1) is 21.4. The van der Waals surface area contributed by atoms with Crippen LogP contribution in [0.25, 0.3) is 22.0 Å². The molecule has 3 aliphatic rings. The molecule has 5 aromatic rings. The van der Waals surface area contributed by atoms with Gasteiger partial charge in [-0.05, 0) is 48.9 Å². The molecule has 2 aromatic heterocycles. The highest BCUT2D eigenvalue weighted by molar-refractivity contribution is 7.14. The summed E-state index contributed by atoms with van der Waals surface area (Å²) >= 11 is 1.37. The first-order chi connectivity index (χ1) is 17.4. The molecule has 178 valence electrons. The second-order valence-electron chi connectivity index (χ2n) is 10.1. The number of carbonyl (C=O) groups excluding carboxylic acids is 1. The fourth-order valence-electron chi connectivity index (χ4n) is 6.38. The van der Waals surface area contributed by atoms with Crippen LogP contribution in [-0.4, -0.2) is 25.7 Å². The SMILES string of the molecule is CC12CC(C)(C(=O)Nc3nc(-c4ccc(F)c5ccccc45)cs3)C(c3ccccc31)n1cnnc12. The largest absolute Gasteiger partial charge is 0.308 e. The number of hydrogen-bond acceptors (Lipinski definition) is 5. The number of aromatic nitrogens is 4. The molecule has 0 fully saturated rings. The van der Waals surface area contributed by atoms with E-state index >= 15 is 0 Å². The van der Waals surface area contributed by atoms with Gasteiger partial charge in [-0.1, -0.05) is 48.5 Å². The molecule has 0 saturated heterocycles. The van der Waals surface area contributed by atoms with Crippen LogP contribution >= 0.6 is 11.3 Å². The molecular formula is C28H22FN5OS. The molecule has 1 N–H and O–H groups in total. The molecule has 0 spiro atoms. The number of hydrogen-bond donors (Lipinski definition) is 1. The Morgan fingerprint density at radius 3 is 2.72 bits per heavy atom. The molecule has 0 radical (unpaired) electrons. The number of nitrogens with one attached hydrogen (secondary N) is 1. The number of fused-ring (bicyclic) bond motifs is 2. The molecule has 0 saturated carbocycles. The zero-order valence-corrected chi connectivity index (χ0v) is 20.5. The van der Waals surface area contributed by atoms with Gasteiger partial charge in [0.05, 0.1) is 22.6 Å². The van der Waals surface area contributed by atoms with Crippen molar-refractivity contribution in [3.8, 4) is 11.3 Å². The van der Waals surface area contributed by atoms with E-state index in [0.717, 1.165) is 22.3 Å². The Morgan fingerprint density at radius 2 is 1.86 bits per heavy atom. The van der Waals surface area contributed by atoms with Crippen molar-refractivity contribution in [3.63, 3.8) is 0 Å². The minimum atomic E-state index is -0.729. The van der Waals surface area contributed by atoms with Crippen LogP contribution in [0, 0.1) is 11.2 Å². The number of nitrogens with zero attached hydrogens (tertiary/aromatic N) is 4. The number of thiazole rings is 1. The van der Waals surface area contributed by atoms with E-state index < -0.39 is 10.8 Å². The monoisotopic (exact) mass is 495 g/mol. The zero-order valence-electron chi connectivity index (χ0n) is 19.7. The van der Waals surface area contributed by atoms with Gasteiger partial charge in [-0.25, -0.2) is 9.37 Å². The molecule has 3 atom stereocenters. The minimum Gasteiger partial charge on any atom is -0.308 e. The van der Waals surface area contributed by atoms with Gasteiger partial charge in [-0.2, -0.15) is 0 Å². The average Bonchev–Trinajstić information content (AvgIpc) is 3.55. The Bertz CT molecular complexity index is 1690. The highest BCUT2D eigenvalue weighted by Crippen LogP contribution is 2.60. The van der Waals surface area contributed by atoms with Crippen molar-refractivity contribution >= 4 is 33.1 Å². The van der Waals surface area contributed by atoms with E-state index in [4.69, 9.17) is 4.98 Å². The van der Waals surface area contributed by atoms with Crippen LogP contribution < -0.4 is 5.32 Å². The van der Waals surface area contributed by atoms with E-state index in [1.54, 1.807) is 18.5 Å². The smallest absolute Gasteiger partial charge is 0.234 e. The molecule has 1 amide bonds. The molecule has 3 aromatic carbocycles. The lowest BCUT2D eigenvalue weighted by Crippen LogP contribution is -2.55. The highest BCUT2D eigenvalue weighted by Gasteiger charge is 2.60. The van der Waals surface area contributed by atoms with E-state index in [1.807, 2.05) is 42.6 Å². The first-order valence-electron chi connectivity index (χ1n) is 11.8. The van der Waals surface area contributed by atoms with Crippen molar-refractivity contribution in [1.82, 2.24) is 19.7 Å². The van der Waals surface area contributed by atoms with E-state index in [-0.39, 0.29) is 17.8 Å². The predicted molar refractivity (Wildman–Crippen MR) is 137 cm³/mol. The van der Waals surface area contributed by atoms with Crippen LogP contribution in [0.2, 0.25) is 0 Å². The lowest BCUT2D eigenvalue weighted by atomic mass is 9.55. The Balaban J connectivity index is 1.25. The summed E-state index contributed by atoms with van der Waals surface area (Å²) in [5.41, 5.74) is 2.74. The minimum absolute atomic E-state index is 0.0857. The fourth-order valence-corrected chi connectivity index (χ4v) is 7.08. The average molecular weight is 496 g/mol. The molecule has 36 heavy (non-hydrogen) atoms. The summed E-state index contributed by atoms with van der Waals surface area (Å²) < 4.78 is 16.4. The standard InChI is InChI=1S/C28H22FN5OS/c1-27-14-28(2,23(34-15-30-33-24(27)34)19-9-5-6-10-20(19)27)25(35)32-26-31-22(13-36-26)18-11-12-21(29)17-8-4-3-7-16(17)18/h3-13,15,23H,14H2,1-2H3,(H,31,32,35). The van der Waals surface area contributed by atoms with Crippen molar-refractivity contribution < 1.29 is 9.18 Å². The summed E-state index contributed by atoms with van der Waals surface area (Å²) in [4.78, 5) is 18.6. The van der Waals surface area contributed by atoms with Crippen molar-refractivity contribution in [2.45, 2.75) is 31.7 Å². The summed E-state index contributed by atoms with van der Waals surface area (Å²) in [6.07, 6.45) is 2.35. The Morgan fingerprint density at radius 1 is 1.08 bits per heavy atom. The maximum Gasteiger partial charge on any atom is 0.234 e. The van der Waals surface area contributed by atoms with E-state index in [9.17, 15) is 9.18 Å². The Hall–Kier alpha value is -3.91. The summed E-state index contributed by atoms with van der Waals surface area (Å²) in [7, 11) is 0. The predicted octanol–water partition coefficient (Wildman–Crippen LogP) is 5.95. The summed E-state index contributed by atoms with van der Waals surface area (Å²) in [6.45, 7) is 4.17. The molecule has 8 heteroatoms. The van der Waals surface area contributed by atoms with Gasteiger partial charge < -0.3 is 9.88 Å². The summed E-state index contributed by atoms with van der Waals surface area (Å²) in [5.74, 6) is 0.550. The van der Waals surface area contributed by atoms with Gasteiger partial charge in [-0.3, -0.25) is 4.79 Å². The second-order valence-corrected chi connectivity index (χ2v) is 11.0. The molecule has 4 heterocycles. The number of amides is 1. The molecule has 1 aliphatic carbocycles. The third kappa shape index (κ3) is 2.76. The van der Waals surface area contributed by atoms with Crippen LogP contribution in [0.4, 0.5) is 9.52 Å². The van der Waals surface area contributed by atoms with Crippen molar-refractivity contribution in [2.24, 2.45) is 5.41 Å². The normalized spacial score (nSPS) is 23.9. The number of benzene rings is 3. The maximum atomic E-state index is 14.3. The van der Waals surface area contributed by atoms with Crippen LogP contribution in [0.5, 0.6) is 0 Å². The maximum absolute atomic E-state index is 14.3. The Labute approximate surface area is 210 Å². The van der Waals surface area contributed by atoms with Gasteiger partial charge in [0.1, 0.15) is 18.0 Å².